The third-order valence-electron chi connectivity index (χ3n) is 4.41. The maximum Gasteiger partial charge on any atom is 0.315 e. The zero-order chi connectivity index (χ0) is 19.9. The van der Waals surface area contributed by atoms with E-state index in [0.717, 1.165) is 16.0 Å². The molecule has 0 saturated carbocycles. The number of methoxy groups -OCH3 is 2. The SMILES string of the molecule is COc1ccc(CNC(=O)NC(c2ccc(C)cc2)c2cccs2)cc1OC. The Balaban J connectivity index is 1.68. The van der Waals surface area contributed by atoms with Crippen molar-refractivity contribution in [3.05, 3.63) is 81.5 Å². The molecule has 1 heterocycles. The smallest absolute Gasteiger partial charge is 0.315 e. The summed E-state index contributed by atoms with van der Waals surface area (Å²) in [4.78, 5) is 13.7. The Bertz CT molecular complexity index is 908. The van der Waals surface area contributed by atoms with Crippen LogP contribution in [0.3, 0.4) is 0 Å². The first-order valence-electron chi connectivity index (χ1n) is 8.96. The standard InChI is InChI=1S/C22H24N2O3S/c1-15-6-9-17(10-7-15)21(20-5-4-12-28-20)24-22(25)23-14-16-8-11-18(26-2)19(13-16)27-3/h4-13,21H,14H2,1-3H3,(H2,23,24,25). The maximum absolute atomic E-state index is 12.6. The molecular formula is C22H24N2O3S. The molecule has 0 spiro atoms. The van der Waals surface area contributed by atoms with Crippen LogP contribution in [0.1, 0.15) is 27.6 Å². The lowest BCUT2D eigenvalue weighted by atomic mass is 10.0. The number of thiophene rings is 1. The minimum Gasteiger partial charge on any atom is -0.493 e. The first-order chi connectivity index (χ1) is 13.6. The van der Waals surface area contributed by atoms with Crippen LogP contribution in [0.2, 0.25) is 0 Å². The molecule has 2 amide bonds. The van der Waals surface area contributed by atoms with Gasteiger partial charge in [-0.3, -0.25) is 0 Å². The van der Waals surface area contributed by atoms with Gasteiger partial charge in [-0.05, 0) is 41.6 Å². The zero-order valence-corrected chi connectivity index (χ0v) is 17.0. The number of amides is 2. The fourth-order valence-electron chi connectivity index (χ4n) is 2.89. The van der Waals surface area contributed by atoms with E-state index < -0.39 is 0 Å². The van der Waals surface area contributed by atoms with Crippen molar-refractivity contribution in [2.75, 3.05) is 14.2 Å². The van der Waals surface area contributed by atoms with E-state index in [1.165, 1.54) is 5.56 Å². The van der Waals surface area contributed by atoms with Crippen molar-refractivity contribution in [2.24, 2.45) is 0 Å². The largest absolute Gasteiger partial charge is 0.493 e. The molecule has 3 aromatic rings. The monoisotopic (exact) mass is 396 g/mol. The van der Waals surface area contributed by atoms with Gasteiger partial charge in [-0.1, -0.05) is 42.0 Å². The van der Waals surface area contributed by atoms with E-state index in [2.05, 4.69) is 22.8 Å². The summed E-state index contributed by atoms with van der Waals surface area (Å²) >= 11 is 1.62. The lowest BCUT2D eigenvalue weighted by Gasteiger charge is -2.19. The van der Waals surface area contributed by atoms with Crippen LogP contribution in [0.4, 0.5) is 4.79 Å². The molecule has 6 heteroatoms. The second-order valence-corrected chi connectivity index (χ2v) is 7.35. The normalized spacial score (nSPS) is 11.5. The molecule has 2 aromatic carbocycles. The molecule has 1 unspecified atom stereocenters. The molecule has 28 heavy (non-hydrogen) atoms. The molecule has 2 N–H and O–H groups in total. The van der Waals surface area contributed by atoms with Gasteiger partial charge in [-0.25, -0.2) is 4.79 Å². The number of carbonyl (C=O) groups excluding carboxylic acids is 1. The number of aryl methyl sites for hydroxylation is 1. The van der Waals surface area contributed by atoms with Gasteiger partial charge in [0.25, 0.3) is 0 Å². The van der Waals surface area contributed by atoms with Gasteiger partial charge in [0.15, 0.2) is 11.5 Å². The number of rotatable bonds is 7. The van der Waals surface area contributed by atoms with Gasteiger partial charge in [0.05, 0.1) is 20.3 Å². The van der Waals surface area contributed by atoms with Crippen LogP contribution in [-0.2, 0) is 6.54 Å². The third kappa shape index (κ3) is 4.84. The summed E-state index contributed by atoms with van der Waals surface area (Å²) < 4.78 is 10.6. The van der Waals surface area contributed by atoms with Gasteiger partial charge in [0.2, 0.25) is 0 Å². The first-order valence-corrected chi connectivity index (χ1v) is 9.84. The van der Waals surface area contributed by atoms with E-state index in [9.17, 15) is 4.79 Å². The molecule has 0 aliphatic rings. The fraction of sp³-hybridized carbons (Fsp3) is 0.227. The Kier molecular flexibility index (Phi) is 6.55. The summed E-state index contributed by atoms with van der Waals surface area (Å²) in [6.07, 6.45) is 0. The molecule has 0 radical (unpaired) electrons. The fourth-order valence-corrected chi connectivity index (χ4v) is 3.69. The van der Waals surface area contributed by atoms with Gasteiger partial charge in [0, 0.05) is 11.4 Å². The van der Waals surface area contributed by atoms with Crippen LogP contribution in [0.5, 0.6) is 11.5 Å². The van der Waals surface area contributed by atoms with E-state index in [0.29, 0.717) is 18.0 Å². The molecular weight excluding hydrogens is 372 g/mol. The summed E-state index contributed by atoms with van der Waals surface area (Å²) in [7, 11) is 3.19. The Morgan fingerprint density at radius 2 is 1.79 bits per heavy atom. The maximum atomic E-state index is 12.6. The highest BCUT2D eigenvalue weighted by molar-refractivity contribution is 7.10. The number of benzene rings is 2. The van der Waals surface area contributed by atoms with Crippen LogP contribution in [-0.4, -0.2) is 20.3 Å². The van der Waals surface area contributed by atoms with E-state index in [1.54, 1.807) is 25.6 Å². The van der Waals surface area contributed by atoms with Gasteiger partial charge in [-0.15, -0.1) is 11.3 Å². The van der Waals surface area contributed by atoms with Crippen LogP contribution >= 0.6 is 11.3 Å². The molecule has 146 valence electrons. The molecule has 3 rings (SSSR count). The molecule has 1 aromatic heterocycles. The summed E-state index contributed by atoms with van der Waals surface area (Å²) in [5, 5.41) is 8.01. The van der Waals surface area contributed by atoms with E-state index >= 15 is 0 Å². The average molecular weight is 397 g/mol. The molecule has 0 aliphatic carbocycles. The number of ether oxygens (including phenoxy) is 2. The zero-order valence-electron chi connectivity index (χ0n) is 16.2. The number of nitrogens with one attached hydrogen (secondary N) is 2. The van der Waals surface area contributed by atoms with Gasteiger partial charge >= 0.3 is 6.03 Å². The van der Waals surface area contributed by atoms with E-state index in [1.807, 2.05) is 54.8 Å². The number of hydrogen-bond acceptors (Lipinski definition) is 4. The first kappa shape index (κ1) is 19.8. The van der Waals surface area contributed by atoms with E-state index in [4.69, 9.17) is 9.47 Å². The van der Waals surface area contributed by atoms with Gasteiger partial charge in [-0.2, -0.15) is 0 Å². The van der Waals surface area contributed by atoms with Crippen LogP contribution in [0, 0.1) is 6.92 Å². The highest BCUT2D eigenvalue weighted by atomic mass is 32.1. The quantitative estimate of drug-likeness (QED) is 0.610. The summed E-state index contributed by atoms with van der Waals surface area (Å²) in [6.45, 7) is 2.43. The number of carbonyl (C=O) groups is 1. The molecule has 0 saturated heterocycles. The lowest BCUT2D eigenvalue weighted by Crippen LogP contribution is -2.37. The van der Waals surface area contributed by atoms with Crippen molar-refractivity contribution in [2.45, 2.75) is 19.5 Å². The Hall–Kier alpha value is -2.99. The topological polar surface area (TPSA) is 59.6 Å². The van der Waals surface area contributed by atoms with Crippen molar-refractivity contribution in [3.63, 3.8) is 0 Å². The number of urea groups is 1. The van der Waals surface area contributed by atoms with Crippen molar-refractivity contribution >= 4 is 17.4 Å². The third-order valence-corrected chi connectivity index (χ3v) is 5.35. The molecule has 5 nitrogen and oxygen atoms in total. The predicted octanol–water partition coefficient (Wildman–Crippen LogP) is 4.66. The van der Waals surface area contributed by atoms with Crippen LogP contribution < -0.4 is 20.1 Å². The van der Waals surface area contributed by atoms with E-state index in [-0.39, 0.29) is 12.1 Å². The van der Waals surface area contributed by atoms with Gasteiger partial charge in [0.1, 0.15) is 0 Å². The van der Waals surface area contributed by atoms with Crippen molar-refractivity contribution in [3.8, 4) is 11.5 Å². The lowest BCUT2D eigenvalue weighted by molar-refractivity contribution is 0.238. The second kappa shape index (κ2) is 9.28. The highest BCUT2D eigenvalue weighted by Gasteiger charge is 2.18. The highest BCUT2D eigenvalue weighted by Crippen LogP contribution is 2.28. The molecule has 0 aliphatic heterocycles. The van der Waals surface area contributed by atoms with Crippen molar-refractivity contribution in [1.29, 1.82) is 0 Å². The Labute approximate surface area is 169 Å². The minimum absolute atomic E-state index is 0.189. The Morgan fingerprint density at radius 3 is 2.43 bits per heavy atom. The van der Waals surface area contributed by atoms with Crippen LogP contribution in [0.25, 0.3) is 0 Å². The predicted molar refractivity (Wildman–Crippen MR) is 112 cm³/mol. The summed E-state index contributed by atoms with van der Waals surface area (Å²) in [5.74, 6) is 1.30. The molecule has 1 atom stereocenters. The average Bonchev–Trinajstić information content (AvgIpc) is 3.25. The van der Waals surface area contributed by atoms with Gasteiger partial charge < -0.3 is 20.1 Å². The number of hydrogen-bond donors (Lipinski definition) is 2. The van der Waals surface area contributed by atoms with Crippen molar-refractivity contribution in [1.82, 2.24) is 10.6 Å². The molecule has 0 fully saturated rings. The van der Waals surface area contributed by atoms with Crippen molar-refractivity contribution < 1.29 is 14.3 Å². The Morgan fingerprint density at radius 1 is 1.04 bits per heavy atom. The summed E-state index contributed by atoms with van der Waals surface area (Å²) in [6, 6.07) is 17.4. The van der Waals surface area contributed by atoms with Crippen LogP contribution in [0.15, 0.2) is 60.0 Å². The summed E-state index contributed by atoms with van der Waals surface area (Å²) in [5.41, 5.74) is 3.16. The minimum atomic E-state index is -0.228. The molecule has 0 bridgehead atoms. The second-order valence-electron chi connectivity index (χ2n) is 6.38.